The molecule has 23 heavy (non-hydrogen) atoms. The molecule has 2 rings (SSSR count). The Morgan fingerprint density at radius 1 is 1.26 bits per heavy atom. The lowest BCUT2D eigenvalue weighted by atomic mass is 9.70. The Bertz CT molecular complexity index is 501. The molecule has 1 N–H and O–H groups in total. The Hall–Kier alpha value is -1.63. The van der Waals surface area contributed by atoms with Gasteiger partial charge in [0.05, 0.1) is 7.11 Å². The molecule has 2 aliphatic rings. The quantitative estimate of drug-likeness (QED) is 0.573. The zero-order valence-corrected chi connectivity index (χ0v) is 14.1. The molecule has 7 nitrogen and oxygen atoms in total. The van der Waals surface area contributed by atoms with Gasteiger partial charge >= 0.3 is 12.1 Å². The summed E-state index contributed by atoms with van der Waals surface area (Å²) < 4.78 is 10.1. The van der Waals surface area contributed by atoms with Gasteiger partial charge < -0.3 is 19.5 Å². The highest BCUT2D eigenvalue weighted by Crippen LogP contribution is 2.49. The van der Waals surface area contributed by atoms with E-state index in [2.05, 4.69) is 0 Å². The van der Waals surface area contributed by atoms with E-state index in [9.17, 15) is 19.5 Å². The van der Waals surface area contributed by atoms with Crippen LogP contribution in [0.2, 0.25) is 0 Å². The smallest absolute Gasteiger partial charge is 0.410 e. The van der Waals surface area contributed by atoms with Crippen molar-refractivity contribution in [3.8, 4) is 0 Å². The molecule has 0 aromatic heterocycles. The van der Waals surface area contributed by atoms with E-state index in [0.717, 1.165) is 0 Å². The largest absolute Gasteiger partial charge is 0.468 e. The van der Waals surface area contributed by atoms with Gasteiger partial charge in [0.1, 0.15) is 17.6 Å². The Labute approximate surface area is 135 Å². The number of piperidine rings is 1. The molecule has 0 aromatic carbocycles. The first kappa shape index (κ1) is 17.7. The number of likely N-dealkylation sites (tertiary alicyclic amines) is 1. The maximum atomic E-state index is 12.1. The molecule has 1 amide bonds. The van der Waals surface area contributed by atoms with Gasteiger partial charge in [-0.25, -0.2) is 4.79 Å². The van der Waals surface area contributed by atoms with Crippen molar-refractivity contribution >= 4 is 17.8 Å². The van der Waals surface area contributed by atoms with Crippen molar-refractivity contribution in [3.63, 3.8) is 0 Å². The summed E-state index contributed by atoms with van der Waals surface area (Å²) in [5, 5.41) is 9.90. The molecule has 1 heterocycles. The highest BCUT2D eigenvalue weighted by atomic mass is 16.6. The minimum Gasteiger partial charge on any atom is -0.468 e. The van der Waals surface area contributed by atoms with E-state index in [1.54, 1.807) is 25.7 Å². The van der Waals surface area contributed by atoms with E-state index in [1.807, 2.05) is 0 Å². The van der Waals surface area contributed by atoms with Crippen molar-refractivity contribution in [2.24, 2.45) is 11.3 Å². The van der Waals surface area contributed by atoms with E-state index >= 15 is 0 Å². The third-order valence-electron chi connectivity index (χ3n) is 4.67. The summed E-state index contributed by atoms with van der Waals surface area (Å²) in [5.74, 6) is -2.01. The van der Waals surface area contributed by atoms with Crippen LogP contribution < -0.4 is 0 Å². The molecule has 2 unspecified atom stereocenters. The van der Waals surface area contributed by atoms with Crippen molar-refractivity contribution in [3.05, 3.63) is 0 Å². The van der Waals surface area contributed by atoms with Crippen molar-refractivity contribution in [1.82, 2.24) is 4.90 Å². The monoisotopic (exact) mass is 327 g/mol. The second-order valence-corrected chi connectivity index (χ2v) is 7.41. The predicted molar refractivity (Wildman–Crippen MR) is 80.6 cm³/mol. The first-order valence-electron chi connectivity index (χ1n) is 7.87. The first-order chi connectivity index (χ1) is 10.6. The fraction of sp³-hybridized carbons (Fsp3) is 0.812. The second-order valence-electron chi connectivity index (χ2n) is 7.41. The molecule has 7 heteroatoms. The van der Waals surface area contributed by atoms with Crippen molar-refractivity contribution < 1.29 is 29.0 Å². The minimum absolute atomic E-state index is 0.244. The molecule has 0 aromatic rings. The van der Waals surface area contributed by atoms with Crippen LogP contribution in [0.4, 0.5) is 4.79 Å². The number of hydrogen-bond acceptors (Lipinski definition) is 6. The van der Waals surface area contributed by atoms with E-state index in [1.165, 1.54) is 7.11 Å². The van der Waals surface area contributed by atoms with Crippen LogP contribution in [-0.2, 0) is 19.1 Å². The third kappa shape index (κ3) is 3.49. The third-order valence-corrected chi connectivity index (χ3v) is 4.67. The predicted octanol–water partition coefficient (Wildman–Crippen LogP) is 1.13. The number of Topliss-reactive ketones (excluding diaryl/α,β-unsaturated/α-hetero) is 1. The van der Waals surface area contributed by atoms with Gasteiger partial charge in [0, 0.05) is 13.1 Å². The summed E-state index contributed by atoms with van der Waals surface area (Å²) in [6.45, 7) is 6.19. The minimum atomic E-state index is -1.13. The number of hydrogen-bond donors (Lipinski definition) is 1. The molecular weight excluding hydrogens is 302 g/mol. The number of methoxy groups -OCH3 is 1. The maximum Gasteiger partial charge on any atom is 0.410 e. The summed E-state index contributed by atoms with van der Waals surface area (Å²) in [5.41, 5.74) is -1.19. The maximum absolute atomic E-state index is 12.1. The number of nitrogens with zero attached hydrogens (tertiary/aromatic N) is 1. The van der Waals surface area contributed by atoms with E-state index in [0.29, 0.717) is 25.9 Å². The first-order valence-corrected chi connectivity index (χ1v) is 7.87. The number of amides is 1. The zero-order valence-electron chi connectivity index (χ0n) is 14.1. The Balaban J connectivity index is 2.08. The van der Waals surface area contributed by atoms with Gasteiger partial charge in [0.25, 0.3) is 0 Å². The van der Waals surface area contributed by atoms with Gasteiger partial charge in [-0.1, -0.05) is 0 Å². The summed E-state index contributed by atoms with van der Waals surface area (Å²) in [6, 6.07) is 0. The van der Waals surface area contributed by atoms with E-state index in [-0.39, 0.29) is 6.42 Å². The highest BCUT2D eigenvalue weighted by molar-refractivity contribution is 6.04. The highest BCUT2D eigenvalue weighted by Gasteiger charge is 2.57. The molecule has 2 fully saturated rings. The van der Waals surface area contributed by atoms with E-state index in [4.69, 9.17) is 9.47 Å². The van der Waals surface area contributed by atoms with Crippen LogP contribution in [-0.4, -0.2) is 59.8 Å². The number of esters is 1. The summed E-state index contributed by atoms with van der Waals surface area (Å²) in [7, 11) is 1.24. The van der Waals surface area contributed by atoms with Crippen LogP contribution >= 0.6 is 0 Å². The fourth-order valence-electron chi connectivity index (χ4n) is 3.54. The molecule has 1 aliphatic carbocycles. The van der Waals surface area contributed by atoms with Gasteiger partial charge in [-0.05, 0) is 45.4 Å². The van der Waals surface area contributed by atoms with Gasteiger partial charge in [-0.15, -0.1) is 0 Å². The molecule has 2 atom stereocenters. The fourth-order valence-corrected chi connectivity index (χ4v) is 3.54. The van der Waals surface area contributed by atoms with Crippen LogP contribution in [0.25, 0.3) is 0 Å². The van der Waals surface area contributed by atoms with Crippen molar-refractivity contribution in [2.75, 3.05) is 20.2 Å². The number of aliphatic hydroxyl groups excluding tert-OH is 1. The average molecular weight is 327 g/mol. The molecule has 1 spiro atoms. The SMILES string of the molecule is COC(=O)C1C(=O)C(O)CC12CCN(C(=O)OC(C)(C)C)CC2. The Morgan fingerprint density at radius 3 is 2.30 bits per heavy atom. The van der Waals surface area contributed by atoms with Crippen LogP contribution in [0.1, 0.15) is 40.0 Å². The summed E-state index contributed by atoms with van der Waals surface area (Å²) >= 11 is 0. The number of ketones is 1. The van der Waals surface area contributed by atoms with Crippen molar-refractivity contribution in [1.29, 1.82) is 0 Å². The number of ether oxygens (including phenoxy) is 2. The molecule has 0 bridgehead atoms. The molecule has 0 radical (unpaired) electrons. The summed E-state index contributed by atoms with van der Waals surface area (Å²) in [4.78, 5) is 37.8. The van der Waals surface area contributed by atoms with Crippen molar-refractivity contribution in [2.45, 2.75) is 51.7 Å². The number of carbonyl (C=O) groups is 3. The number of carbonyl (C=O) groups excluding carboxylic acids is 3. The molecule has 1 aliphatic heterocycles. The standard InChI is InChI=1S/C16H25NO6/c1-15(2,3)23-14(21)17-7-5-16(6-8-17)9-10(18)12(19)11(16)13(20)22-4/h10-11,18H,5-9H2,1-4H3. The summed E-state index contributed by atoms with van der Waals surface area (Å²) in [6.07, 6.45) is -0.351. The number of rotatable bonds is 1. The lowest BCUT2D eigenvalue weighted by Crippen LogP contribution is -2.48. The van der Waals surface area contributed by atoms with Crippen LogP contribution in [0.15, 0.2) is 0 Å². The molecule has 130 valence electrons. The number of aliphatic hydroxyl groups is 1. The topological polar surface area (TPSA) is 93.1 Å². The lowest BCUT2D eigenvalue weighted by Gasteiger charge is -2.41. The van der Waals surface area contributed by atoms with Gasteiger partial charge in [-0.3, -0.25) is 9.59 Å². The van der Waals surface area contributed by atoms with Gasteiger partial charge in [0.2, 0.25) is 0 Å². The second kappa shape index (κ2) is 6.11. The normalized spacial score (nSPS) is 27.2. The van der Waals surface area contributed by atoms with Gasteiger partial charge in [-0.2, -0.15) is 0 Å². The Kier molecular flexibility index (Phi) is 4.71. The van der Waals surface area contributed by atoms with Gasteiger partial charge in [0.15, 0.2) is 5.78 Å². The molecule has 1 saturated heterocycles. The average Bonchev–Trinajstić information content (AvgIpc) is 2.68. The Morgan fingerprint density at radius 2 is 1.83 bits per heavy atom. The zero-order chi connectivity index (χ0) is 17.4. The van der Waals surface area contributed by atoms with E-state index < -0.39 is 40.9 Å². The molecule has 1 saturated carbocycles. The van der Waals surface area contributed by atoms with Crippen LogP contribution in [0, 0.1) is 11.3 Å². The lowest BCUT2D eigenvalue weighted by molar-refractivity contribution is -0.154. The van der Waals surface area contributed by atoms with Crippen LogP contribution in [0.3, 0.4) is 0 Å². The van der Waals surface area contributed by atoms with Crippen LogP contribution in [0.5, 0.6) is 0 Å². The molecular formula is C16H25NO6.